The van der Waals surface area contributed by atoms with Crippen LogP contribution in [-0.2, 0) is 21.7 Å². The van der Waals surface area contributed by atoms with Crippen molar-refractivity contribution in [3.05, 3.63) is 30.3 Å². The Kier molecular flexibility index (Phi) is 31.1. The number of para-hydroxylation sites is 1. The normalized spacial score (nSPS) is 6.00. The second-order valence-electron chi connectivity index (χ2n) is 1.65. The summed E-state index contributed by atoms with van der Waals surface area (Å²) in [7, 11) is 0. The van der Waals surface area contributed by atoms with Crippen LogP contribution in [-0.4, -0.2) is 27.8 Å². The maximum Gasteiger partial charge on any atom is 0.115 e. The van der Waals surface area contributed by atoms with Gasteiger partial charge in [-0.25, -0.2) is 0 Å². The molecule has 4 N–H and O–H groups in total. The van der Waals surface area contributed by atoms with Crippen LogP contribution in [0, 0.1) is 0 Å². The molecule has 1 aromatic carbocycles. The van der Waals surface area contributed by atoms with E-state index >= 15 is 0 Å². The summed E-state index contributed by atoms with van der Waals surface area (Å²) in [6.45, 7) is 1.93. The van der Waals surface area contributed by atoms with Gasteiger partial charge in [0.05, 0.1) is 0 Å². The number of phenolic OH excluding ortho intramolecular Hbond substituents is 1. The van der Waals surface area contributed by atoms with E-state index in [0.29, 0.717) is 5.75 Å². The van der Waals surface area contributed by atoms with Gasteiger partial charge in [0.2, 0.25) is 0 Å². The number of hydrogen-bond donors (Lipinski definition) is 2. The second kappa shape index (κ2) is 17.6. The molecule has 1 rings (SSSR count). The van der Waals surface area contributed by atoms with E-state index in [1.54, 1.807) is 31.2 Å². The van der Waals surface area contributed by atoms with E-state index in [4.69, 9.17) is 10.2 Å². The monoisotopic (exact) mass is 222 g/mol. The third-order valence-electron chi connectivity index (χ3n) is 0.756. The fourth-order valence-electron chi connectivity index (χ4n) is 0.428. The van der Waals surface area contributed by atoms with Crippen molar-refractivity contribution in [2.45, 2.75) is 6.92 Å². The zero-order valence-electron chi connectivity index (χ0n) is 7.38. The number of benzene rings is 1. The minimum absolute atomic E-state index is 0. The molecule has 0 spiro atoms. The van der Waals surface area contributed by atoms with E-state index in [1.165, 1.54) is 0 Å². The molecule has 0 unspecified atom stereocenters. The third kappa shape index (κ3) is 18.5. The fraction of sp³-hybridized carbons (Fsp3) is 0.250. The van der Waals surface area contributed by atoms with Gasteiger partial charge in [-0.2, -0.15) is 0 Å². The molecule has 0 radical (unpaired) electrons. The first kappa shape index (κ1) is 22.9. The quantitative estimate of drug-likeness (QED) is 0.640. The Bertz CT molecular complexity index is 157. The number of aliphatic hydroxyl groups is 1. The molecule has 5 heteroatoms. The van der Waals surface area contributed by atoms with Gasteiger partial charge in [-0.15, -0.1) is 0 Å². The molecule has 0 saturated carbocycles. The summed E-state index contributed by atoms with van der Waals surface area (Å²) in [6, 6.07) is 8.71. The summed E-state index contributed by atoms with van der Waals surface area (Å²) >= 11 is 0. The summed E-state index contributed by atoms with van der Waals surface area (Å²) < 4.78 is 0. The second-order valence-corrected chi connectivity index (χ2v) is 1.65. The predicted octanol–water partition coefficient (Wildman–Crippen LogP) is 1.03. The van der Waals surface area contributed by atoms with Crippen molar-refractivity contribution in [3.63, 3.8) is 0 Å². The van der Waals surface area contributed by atoms with Crippen LogP contribution in [0.25, 0.3) is 0 Å². The van der Waals surface area contributed by atoms with Gasteiger partial charge in [-0.1, -0.05) is 18.2 Å². The zero-order valence-corrected chi connectivity index (χ0v) is 8.94. The first-order valence-electron chi connectivity index (χ1n) is 3.16. The Balaban J connectivity index is -0.0000000615. The Morgan fingerprint density at radius 3 is 1.54 bits per heavy atom. The number of rotatable bonds is 0. The molecule has 0 fully saturated rings. The largest absolute Gasteiger partial charge is 0.870 e. The van der Waals surface area contributed by atoms with Crippen molar-refractivity contribution in [2.24, 2.45) is 0 Å². The van der Waals surface area contributed by atoms with Crippen LogP contribution in [0.4, 0.5) is 0 Å². The Morgan fingerprint density at radius 1 is 1.08 bits per heavy atom. The maximum atomic E-state index is 8.63. The summed E-state index contributed by atoms with van der Waals surface area (Å²) in [5, 5.41) is 16.2. The van der Waals surface area contributed by atoms with Crippen LogP contribution in [0.5, 0.6) is 5.75 Å². The first-order chi connectivity index (χ1) is 4.81. The van der Waals surface area contributed by atoms with Gasteiger partial charge in [0.25, 0.3) is 0 Å². The summed E-state index contributed by atoms with van der Waals surface area (Å²) in [4.78, 5) is 0. The number of aliphatic hydroxyl groups excluding tert-OH is 1. The molecule has 0 aliphatic heterocycles. The predicted molar refractivity (Wildman–Crippen MR) is 44.7 cm³/mol. The van der Waals surface area contributed by atoms with Gasteiger partial charge in [0, 0.05) is 28.3 Å². The average Bonchev–Trinajstić information content (AvgIpc) is 1.91. The number of aromatic hydroxyl groups is 1. The molecule has 0 aliphatic rings. The van der Waals surface area contributed by atoms with Crippen LogP contribution >= 0.6 is 0 Å². The van der Waals surface area contributed by atoms with Crippen molar-refractivity contribution in [1.82, 2.24) is 0 Å². The molecule has 1 aromatic rings. The van der Waals surface area contributed by atoms with E-state index in [2.05, 4.69) is 0 Å². The van der Waals surface area contributed by atoms with Gasteiger partial charge >= 0.3 is 0 Å². The van der Waals surface area contributed by atoms with Crippen molar-refractivity contribution in [3.8, 4) is 5.75 Å². The van der Waals surface area contributed by atoms with Gasteiger partial charge in [-0.05, 0) is 19.1 Å². The van der Waals surface area contributed by atoms with Crippen molar-refractivity contribution in [1.29, 1.82) is 0 Å². The van der Waals surface area contributed by atoms with Gasteiger partial charge in [-0.3, -0.25) is 0 Å². The topological polar surface area (TPSA) is 100 Å². The molecule has 0 atom stereocenters. The minimum Gasteiger partial charge on any atom is -0.870 e. The van der Waals surface area contributed by atoms with Crippen molar-refractivity contribution >= 4 is 0 Å². The zero-order chi connectivity index (χ0) is 7.82. The van der Waals surface area contributed by atoms with Crippen LogP contribution in [0.15, 0.2) is 30.3 Å². The summed E-state index contributed by atoms with van der Waals surface area (Å²) in [5.41, 5.74) is 0. The SMILES string of the molecule is CCO.Oc1ccccc1.[OH-].[OH-].[Ti]. The summed E-state index contributed by atoms with van der Waals surface area (Å²) in [6.07, 6.45) is 0. The van der Waals surface area contributed by atoms with Crippen LogP contribution in [0.3, 0.4) is 0 Å². The number of phenols is 1. The molecule has 0 aliphatic carbocycles. The molecule has 76 valence electrons. The van der Waals surface area contributed by atoms with Gasteiger partial charge in [0.1, 0.15) is 5.75 Å². The Labute approximate surface area is 92.7 Å². The Morgan fingerprint density at radius 2 is 1.38 bits per heavy atom. The molecule has 4 nitrogen and oxygen atoms in total. The molecular formula is C8H14O4Ti-2. The van der Waals surface area contributed by atoms with E-state index in [9.17, 15) is 0 Å². The fourth-order valence-corrected chi connectivity index (χ4v) is 0.428. The molecular weight excluding hydrogens is 208 g/mol. The average molecular weight is 222 g/mol. The van der Waals surface area contributed by atoms with Crippen molar-refractivity contribution in [2.75, 3.05) is 6.61 Å². The van der Waals surface area contributed by atoms with E-state index in [0.717, 1.165) is 0 Å². The van der Waals surface area contributed by atoms with Gasteiger partial charge in [0.15, 0.2) is 0 Å². The van der Waals surface area contributed by atoms with Crippen LogP contribution in [0.2, 0.25) is 0 Å². The molecule has 0 saturated heterocycles. The Hall–Kier alpha value is -0.386. The smallest absolute Gasteiger partial charge is 0.115 e. The molecule has 13 heavy (non-hydrogen) atoms. The maximum absolute atomic E-state index is 8.63. The van der Waals surface area contributed by atoms with Crippen LogP contribution < -0.4 is 0 Å². The van der Waals surface area contributed by atoms with Crippen molar-refractivity contribution < 1.29 is 42.9 Å². The molecule has 0 amide bonds. The first-order valence-corrected chi connectivity index (χ1v) is 3.16. The molecule has 0 aromatic heterocycles. The third-order valence-corrected chi connectivity index (χ3v) is 0.756. The van der Waals surface area contributed by atoms with E-state index in [-0.39, 0.29) is 39.3 Å². The van der Waals surface area contributed by atoms with E-state index in [1.807, 2.05) is 6.07 Å². The van der Waals surface area contributed by atoms with E-state index < -0.39 is 0 Å². The minimum atomic E-state index is 0. The number of hydrogen-bond acceptors (Lipinski definition) is 4. The standard InChI is InChI=1S/C6H6O.C2H6O.2H2O.Ti/c7-6-4-2-1-3-5-6;1-2-3;;;/h1-5,7H;3H,2H2,1H3;2*1H2;/p-2. The molecule has 0 bridgehead atoms. The summed E-state index contributed by atoms with van der Waals surface area (Å²) in [5.74, 6) is 0.322. The molecule has 0 heterocycles. The van der Waals surface area contributed by atoms with Crippen LogP contribution in [0.1, 0.15) is 6.92 Å². The van der Waals surface area contributed by atoms with Gasteiger partial charge < -0.3 is 21.2 Å².